The zero-order chi connectivity index (χ0) is 25.3. The molecule has 8 heteroatoms. The van der Waals surface area contributed by atoms with Crippen LogP contribution in [-0.4, -0.2) is 65.9 Å². The second-order valence-corrected chi connectivity index (χ2v) is 11.2. The van der Waals surface area contributed by atoms with E-state index in [1.807, 2.05) is 19.9 Å². The van der Waals surface area contributed by atoms with Gasteiger partial charge in [-0.3, -0.25) is 9.69 Å². The highest BCUT2D eigenvalue weighted by Crippen LogP contribution is 2.47. The Morgan fingerprint density at radius 2 is 1.72 bits per heavy atom. The van der Waals surface area contributed by atoms with Crippen molar-refractivity contribution in [3.8, 4) is 21.7 Å². The molecule has 7 nitrogen and oxygen atoms in total. The highest BCUT2D eigenvalue weighted by Gasteiger charge is 2.49. The van der Waals surface area contributed by atoms with Gasteiger partial charge in [-0.25, -0.2) is 4.98 Å². The number of nitrogens with two attached hydrogens (primary N) is 1. The molecule has 0 atom stereocenters. The molecule has 2 fully saturated rings. The number of rotatable bonds is 7. The van der Waals surface area contributed by atoms with E-state index < -0.39 is 11.1 Å². The van der Waals surface area contributed by atoms with E-state index in [1.165, 1.54) is 0 Å². The molecule has 0 radical (unpaired) electrons. The second kappa shape index (κ2) is 9.94. The Morgan fingerprint density at radius 1 is 1.06 bits per heavy atom. The van der Waals surface area contributed by atoms with Gasteiger partial charge < -0.3 is 20.5 Å². The van der Waals surface area contributed by atoms with E-state index in [2.05, 4.69) is 58.3 Å². The van der Waals surface area contributed by atoms with Crippen LogP contribution in [0.3, 0.4) is 0 Å². The Bertz CT molecular complexity index is 1190. The van der Waals surface area contributed by atoms with Gasteiger partial charge in [-0.1, -0.05) is 65.9 Å². The number of anilines is 1. The summed E-state index contributed by atoms with van der Waals surface area (Å²) in [7, 11) is 0. The van der Waals surface area contributed by atoms with E-state index in [4.69, 9.17) is 15.5 Å². The summed E-state index contributed by atoms with van der Waals surface area (Å²) in [5, 5.41) is 11.2. The number of aromatic nitrogens is 1. The lowest BCUT2D eigenvalue weighted by Gasteiger charge is -2.49. The number of benzene rings is 2. The van der Waals surface area contributed by atoms with Gasteiger partial charge in [-0.15, -0.1) is 0 Å². The molecule has 0 unspecified atom stereocenters. The van der Waals surface area contributed by atoms with Crippen LogP contribution >= 0.6 is 11.3 Å². The predicted molar refractivity (Wildman–Crippen MR) is 144 cm³/mol. The first kappa shape index (κ1) is 24.9. The van der Waals surface area contributed by atoms with Gasteiger partial charge in [0.05, 0.1) is 29.3 Å². The van der Waals surface area contributed by atoms with Crippen LogP contribution in [0.5, 0.6) is 0 Å². The monoisotopic (exact) mass is 506 g/mol. The number of thiazole rings is 1. The maximum Gasteiger partial charge on any atom is 0.320 e. The van der Waals surface area contributed by atoms with E-state index in [0.29, 0.717) is 26.0 Å². The van der Waals surface area contributed by atoms with Crippen molar-refractivity contribution in [2.45, 2.75) is 37.8 Å². The predicted octanol–water partition coefficient (Wildman–Crippen LogP) is 3.86. The summed E-state index contributed by atoms with van der Waals surface area (Å²) in [4.78, 5) is 22.6. The van der Waals surface area contributed by atoms with Gasteiger partial charge in [0.25, 0.3) is 0 Å². The van der Waals surface area contributed by atoms with Crippen LogP contribution in [0.4, 0.5) is 5.13 Å². The maximum atomic E-state index is 11.9. The fourth-order valence-corrected chi connectivity index (χ4v) is 6.53. The van der Waals surface area contributed by atoms with Crippen molar-refractivity contribution in [2.24, 2.45) is 5.73 Å². The fourth-order valence-electron chi connectivity index (χ4n) is 5.38. The van der Waals surface area contributed by atoms with E-state index >= 15 is 0 Å². The lowest BCUT2D eigenvalue weighted by molar-refractivity contribution is -0.144. The van der Waals surface area contributed by atoms with Crippen molar-refractivity contribution in [2.75, 3.05) is 44.2 Å². The van der Waals surface area contributed by atoms with Crippen LogP contribution in [-0.2, 0) is 15.1 Å². The number of hydrogen-bond donors (Lipinski definition) is 2. The lowest BCUT2D eigenvalue weighted by atomic mass is 9.63. The van der Waals surface area contributed by atoms with E-state index in [1.54, 1.807) is 11.3 Å². The van der Waals surface area contributed by atoms with Crippen LogP contribution in [0.2, 0.25) is 0 Å². The number of carbonyl (C=O) groups is 1. The molecule has 0 bridgehead atoms. The van der Waals surface area contributed by atoms with Gasteiger partial charge in [-0.05, 0) is 37.8 Å². The molecule has 0 spiro atoms. The minimum Gasteiger partial charge on any atom is -0.465 e. The van der Waals surface area contributed by atoms with Crippen LogP contribution in [0.15, 0.2) is 54.6 Å². The average molecular weight is 507 g/mol. The molecule has 0 amide bonds. The number of esters is 1. The van der Waals surface area contributed by atoms with E-state index in [-0.39, 0.29) is 5.97 Å². The molecular formula is C28H34N4O3S. The number of ether oxygens (including phenoxy) is 1. The summed E-state index contributed by atoms with van der Waals surface area (Å²) in [6.45, 7) is 7.65. The molecule has 1 aromatic heterocycles. The van der Waals surface area contributed by atoms with Crippen molar-refractivity contribution in [3.63, 3.8) is 0 Å². The minimum absolute atomic E-state index is 0.165. The molecule has 1 aliphatic heterocycles. The summed E-state index contributed by atoms with van der Waals surface area (Å²) < 4.78 is 5.10. The first-order valence-corrected chi connectivity index (χ1v) is 13.4. The summed E-state index contributed by atoms with van der Waals surface area (Å²) in [5.41, 5.74) is 9.61. The highest BCUT2D eigenvalue weighted by atomic mass is 32.1. The fraction of sp³-hybridized carbons (Fsp3) is 0.429. The molecule has 2 aliphatic rings. The largest absolute Gasteiger partial charge is 0.465 e. The molecule has 190 valence electrons. The molecule has 3 aromatic rings. The third-order valence-corrected chi connectivity index (χ3v) is 8.24. The standard InChI is InChI=1S/C28H34N4O3S/c1-3-35-23(33)17-31-13-15-32(16-14-31)26-30-24(25(36-26)21-7-5-4-6-8-21)20-9-11-22(12-10-20)28(29)18-27(2,34)19-28/h4-12,34H,3,13-19,29H2,1-2H3/t27-,28-. The van der Waals surface area contributed by atoms with Gasteiger partial charge >= 0.3 is 5.97 Å². The SMILES string of the molecule is CCOC(=O)CN1CCN(c2nc(-c3ccc([C@]4(N)C[C@](C)(O)C4)cc3)c(-c3ccccc3)s2)CC1. The van der Waals surface area contributed by atoms with Crippen LogP contribution in [0.1, 0.15) is 32.3 Å². The molecule has 1 saturated carbocycles. The van der Waals surface area contributed by atoms with Gasteiger partial charge in [-0.2, -0.15) is 0 Å². The molecule has 3 N–H and O–H groups in total. The topological polar surface area (TPSA) is 91.9 Å². The number of aliphatic hydroxyl groups is 1. The minimum atomic E-state index is -0.682. The number of nitrogens with zero attached hydrogens (tertiary/aromatic N) is 3. The molecule has 5 rings (SSSR count). The molecule has 2 aromatic carbocycles. The van der Waals surface area contributed by atoms with Crippen molar-refractivity contribution in [1.29, 1.82) is 0 Å². The molecular weight excluding hydrogens is 472 g/mol. The van der Waals surface area contributed by atoms with Gasteiger partial charge in [0.2, 0.25) is 0 Å². The van der Waals surface area contributed by atoms with E-state index in [9.17, 15) is 9.90 Å². The Hall–Kier alpha value is -2.78. The van der Waals surface area contributed by atoms with Crippen molar-refractivity contribution >= 4 is 22.4 Å². The van der Waals surface area contributed by atoms with Crippen molar-refractivity contribution < 1.29 is 14.6 Å². The normalized spacial score (nSPS) is 24.4. The third kappa shape index (κ3) is 5.18. The molecule has 1 aliphatic carbocycles. The maximum absolute atomic E-state index is 11.9. The van der Waals surface area contributed by atoms with Gasteiger partial charge in [0.15, 0.2) is 5.13 Å². The Labute approximate surface area is 216 Å². The zero-order valence-electron chi connectivity index (χ0n) is 20.9. The molecule has 2 heterocycles. The lowest BCUT2D eigenvalue weighted by Crippen LogP contribution is -2.58. The summed E-state index contributed by atoms with van der Waals surface area (Å²) in [6, 6.07) is 18.7. The second-order valence-electron chi connectivity index (χ2n) is 10.2. The number of carbonyl (C=O) groups excluding carboxylic acids is 1. The van der Waals surface area contributed by atoms with Crippen LogP contribution in [0.25, 0.3) is 21.7 Å². The highest BCUT2D eigenvalue weighted by molar-refractivity contribution is 7.19. The summed E-state index contributed by atoms with van der Waals surface area (Å²) >= 11 is 1.71. The van der Waals surface area contributed by atoms with Crippen LogP contribution < -0.4 is 10.6 Å². The first-order chi connectivity index (χ1) is 17.3. The van der Waals surface area contributed by atoms with Gasteiger partial charge in [0.1, 0.15) is 0 Å². The van der Waals surface area contributed by atoms with Crippen molar-refractivity contribution in [1.82, 2.24) is 9.88 Å². The Kier molecular flexibility index (Phi) is 6.87. The average Bonchev–Trinajstić information content (AvgIpc) is 3.30. The van der Waals surface area contributed by atoms with Crippen LogP contribution in [0, 0.1) is 0 Å². The quantitative estimate of drug-likeness (QED) is 0.470. The smallest absolute Gasteiger partial charge is 0.320 e. The third-order valence-electron chi connectivity index (χ3n) is 7.08. The number of hydrogen-bond acceptors (Lipinski definition) is 8. The molecule has 36 heavy (non-hydrogen) atoms. The van der Waals surface area contributed by atoms with Gasteiger partial charge in [0, 0.05) is 37.3 Å². The van der Waals surface area contributed by atoms with Crippen molar-refractivity contribution in [3.05, 3.63) is 60.2 Å². The molecule has 1 saturated heterocycles. The summed E-state index contributed by atoms with van der Waals surface area (Å²) in [6.07, 6.45) is 1.13. The van der Waals surface area contributed by atoms with E-state index in [0.717, 1.165) is 58.6 Å². The first-order valence-electron chi connectivity index (χ1n) is 12.6. The Morgan fingerprint density at radius 3 is 2.33 bits per heavy atom. The Balaban J connectivity index is 1.38. The number of piperazine rings is 1. The summed E-state index contributed by atoms with van der Waals surface area (Å²) in [5.74, 6) is -0.165. The zero-order valence-corrected chi connectivity index (χ0v) is 21.8.